The summed E-state index contributed by atoms with van der Waals surface area (Å²) in [5, 5.41) is 10.9. The summed E-state index contributed by atoms with van der Waals surface area (Å²) in [6.07, 6.45) is 3.50. The molecule has 0 saturated heterocycles. The Kier molecular flexibility index (Phi) is 2.10. The van der Waals surface area contributed by atoms with E-state index in [1.807, 2.05) is 12.1 Å². The van der Waals surface area contributed by atoms with Crippen LogP contribution >= 0.6 is 0 Å². The Hall–Kier alpha value is -1.57. The molecule has 0 bridgehead atoms. The van der Waals surface area contributed by atoms with Crippen molar-refractivity contribution in [3.05, 3.63) is 35.5 Å². The number of aromatic hydroxyl groups is 1. The summed E-state index contributed by atoms with van der Waals surface area (Å²) < 4.78 is 0. The number of nitrogens with zero attached hydrogens (tertiary/aromatic N) is 1. The van der Waals surface area contributed by atoms with Gasteiger partial charge in [-0.15, -0.1) is 0 Å². The van der Waals surface area contributed by atoms with Crippen LogP contribution in [0.4, 0.5) is 0 Å². The van der Waals surface area contributed by atoms with E-state index in [0.29, 0.717) is 5.75 Å². The van der Waals surface area contributed by atoms with Crippen LogP contribution in [0.2, 0.25) is 0 Å². The van der Waals surface area contributed by atoms with Crippen molar-refractivity contribution in [1.29, 1.82) is 0 Å². The van der Waals surface area contributed by atoms with Crippen molar-refractivity contribution in [3.63, 3.8) is 0 Å². The zero-order valence-electron chi connectivity index (χ0n) is 9.40. The van der Waals surface area contributed by atoms with E-state index in [1.54, 1.807) is 0 Å². The Balaban J connectivity index is 2.09. The van der Waals surface area contributed by atoms with Gasteiger partial charge in [0.15, 0.2) is 0 Å². The molecule has 16 heavy (non-hydrogen) atoms. The second-order valence-electron chi connectivity index (χ2n) is 4.80. The normalized spacial score (nSPS) is 15.6. The lowest BCUT2D eigenvalue weighted by atomic mass is 10.1. The maximum absolute atomic E-state index is 9.91. The maximum Gasteiger partial charge on any atom is 0.137 e. The average Bonchev–Trinajstić information content (AvgIpc) is 3.03. The van der Waals surface area contributed by atoms with Crippen LogP contribution < -0.4 is 0 Å². The predicted molar refractivity (Wildman–Crippen MR) is 64.6 cm³/mol. The molecule has 3 rings (SSSR count). The summed E-state index contributed by atoms with van der Waals surface area (Å²) >= 11 is 0. The van der Waals surface area contributed by atoms with Gasteiger partial charge in [-0.2, -0.15) is 0 Å². The fourth-order valence-corrected chi connectivity index (χ4v) is 2.07. The van der Waals surface area contributed by atoms with Gasteiger partial charge in [0.05, 0.1) is 11.2 Å². The summed E-state index contributed by atoms with van der Waals surface area (Å²) in [6, 6.07) is 7.99. The molecule has 0 unspecified atom stereocenters. The van der Waals surface area contributed by atoms with Crippen molar-refractivity contribution >= 4 is 10.9 Å². The predicted octanol–water partition coefficient (Wildman–Crippen LogP) is 3.20. The van der Waals surface area contributed by atoms with E-state index in [9.17, 15) is 5.11 Å². The first-order valence-corrected chi connectivity index (χ1v) is 5.81. The SMILES string of the molecule is Cc1ccc2nc(CC3CC3)c(O)cc2c1. The Labute approximate surface area is 94.9 Å². The first-order valence-electron chi connectivity index (χ1n) is 5.81. The minimum Gasteiger partial charge on any atom is -0.506 e. The fourth-order valence-electron chi connectivity index (χ4n) is 2.07. The van der Waals surface area contributed by atoms with Crippen LogP contribution in [0.3, 0.4) is 0 Å². The van der Waals surface area contributed by atoms with E-state index in [0.717, 1.165) is 28.9 Å². The second kappa shape index (κ2) is 3.48. The number of hydrogen-bond donors (Lipinski definition) is 1. The van der Waals surface area contributed by atoms with Gasteiger partial charge in [-0.1, -0.05) is 11.6 Å². The highest BCUT2D eigenvalue weighted by Gasteiger charge is 2.23. The molecule has 1 N–H and O–H groups in total. The number of fused-ring (bicyclic) bond motifs is 1. The molecule has 2 aromatic rings. The van der Waals surface area contributed by atoms with Crippen molar-refractivity contribution in [3.8, 4) is 5.75 Å². The summed E-state index contributed by atoms with van der Waals surface area (Å²) in [4.78, 5) is 4.55. The molecule has 2 heteroatoms. The molecule has 1 heterocycles. The first kappa shape index (κ1) is 9.64. The Morgan fingerprint density at radius 3 is 2.88 bits per heavy atom. The van der Waals surface area contributed by atoms with E-state index in [4.69, 9.17) is 0 Å². The van der Waals surface area contributed by atoms with Crippen molar-refractivity contribution < 1.29 is 5.11 Å². The maximum atomic E-state index is 9.91. The molecule has 1 fully saturated rings. The molecule has 0 atom stereocenters. The molecular weight excluding hydrogens is 198 g/mol. The summed E-state index contributed by atoms with van der Waals surface area (Å²) in [6.45, 7) is 2.05. The van der Waals surface area contributed by atoms with E-state index in [2.05, 4.69) is 24.0 Å². The largest absolute Gasteiger partial charge is 0.506 e. The summed E-state index contributed by atoms with van der Waals surface area (Å²) in [7, 11) is 0. The third-order valence-corrected chi connectivity index (χ3v) is 3.21. The number of pyridine rings is 1. The number of aryl methyl sites for hydroxylation is 1. The van der Waals surface area contributed by atoms with Crippen molar-refractivity contribution in [1.82, 2.24) is 4.98 Å². The van der Waals surface area contributed by atoms with E-state index >= 15 is 0 Å². The van der Waals surface area contributed by atoms with Gasteiger partial charge in [-0.25, -0.2) is 4.98 Å². The molecular formula is C14H15NO. The third kappa shape index (κ3) is 1.75. The molecule has 1 aromatic carbocycles. The highest BCUT2D eigenvalue weighted by Crippen LogP contribution is 2.35. The molecule has 1 saturated carbocycles. The summed E-state index contributed by atoms with van der Waals surface area (Å²) in [5.74, 6) is 1.10. The number of aromatic nitrogens is 1. The van der Waals surface area contributed by atoms with Crippen molar-refractivity contribution in [2.24, 2.45) is 5.92 Å². The molecule has 0 aliphatic heterocycles. The summed E-state index contributed by atoms with van der Waals surface area (Å²) in [5.41, 5.74) is 3.04. The minimum absolute atomic E-state index is 0.352. The van der Waals surface area contributed by atoms with Crippen LogP contribution in [0.25, 0.3) is 10.9 Å². The molecule has 2 nitrogen and oxygen atoms in total. The van der Waals surface area contributed by atoms with Crippen LogP contribution in [0.1, 0.15) is 24.1 Å². The number of hydrogen-bond acceptors (Lipinski definition) is 2. The molecule has 82 valence electrons. The van der Waals surface area contributed by atoms with Crippen LogP contribution in [0.5, 0.6) is 5.75 Å². The number of rotatable bonds is 2. The Morgan fingerprint density at radius 2 is 2.12 bits per heavy atom. The van der Waals surface area contributed by atoms with Crippen LogP contribution in [0, 0.1) is 12.8 Å². The molecule has 1 aromatic heterocycles. The third-order valence-electron chi connectivity index (χ3n) is 3.21. The van der Waals surface area contributed by atoms with Crippen molar-refractivity contribution in [2.75, 3.05) is 0 Å². The highest BCUT2D eigenvalue weighted by atomic mass is 16.3. The van der Waals surface area contributed by atoms with Gasteiger partial charge < -0.3 is 5.11 Å². The lowest BCUT2D eigenvalue weighted by Gasteiger charge is -2.06. The van der Waals surface area contributed by atoms with Crippen LogP contribution in [-0.2, 0) is 6.42 Å². The first-order chi connectivity index (χ1) is 7.72. The molecule has 0 spiro atoms. The van der Waals surface area contributed by atoms with Gasteiger partial charge in [0.2, 0.25) is 0 Å². The lowest BCUT2D eigenvalue weighted by molar-refractivity contribution is 0.463. The minimum atomic E-state index is 0.352. The van der Waals surface area contributed by atoms with Gasteiger partial charge in [0, 0.05) is 5.39 Å². The second-order valence-corrected chi connectivity index (χ2v) is 4.80. The smallest absolute Gasteiger partial charge is 0.137 e. The molecule has 0 amide bonds. The lowest BCUT2D eigenvalue weighted by Crippen LogP contribution is -1.93. The zero-order chi connectivity index (χ0) is 11.1. The monoisotopic (exact) mass is 213 g/mol. The molecule has 0 radical (unpaired) electrons. The van der Waals surface area contributed by atoms with Crippen molar-refractivity contribution in [2.45, 2.75) is 26.2 Å². The Morgan fingerprint density at radius 1 is 1.31 bits per heavy atom. The van der Waals surface area contributed by atoms with Gasteiger partial charge in [0.25, 0.3) is 0 Å². The van der Waals surface area contributed by atoms with Gasteiger partial charge >= 0.3 is 0 Å². The van der Waals surface area contributed by atoms with Crippen LogP contribution in [0.15, 0.2) is 24.3 Å². The number of benzene rings is 1. The van der Waals surface area contributed by atoms with E-state index < -0.39 is 0 Å². The van der Waals surface area contributed by atoms with E-state index in [-0.39, 0.29) is 0 Å². The van der Waals surface area contributed by atoms with Crippen LogP contribution in [-0.4, -0.2) is 10.1 Å². The standard InChI is InChI=1S/C14H15NO/c1-9-2-5-12-11(6-9)8-14(16)13(15-12)7-10-3-4-10/h2,5-6,8,10,16H,3-4,7H2,1H3. The Bertz CT molecular complexity index is 544. The fraction of sp³-hybridized carbons (Fsp3) is 0.357. The zero-order valence-corrected chi connectivity index (χ0v) is 9.40. The van der Waals surface area contributed by atoms with Gasteiger partial charge in [-0.05, 0) is 50.3 Å². The average molecular weight is 213 g/mol. The molecule has 1 aliphatic rings. The van der Waals surface area contributed by atoms with Gasteiger partial charge in [-0.3, -0.25) is 0 Å². The quantitative estimate of drug-likeness (QED) is 0.831. The molecule has 1 aliphatic carbocycles. The highest BCUT2D eigenvalue weighted by molar-refractivity contribution is 5.81. The van der Waals surface area contributed by atoms with E-state index in [1.165, 1.54) is 18.4 Å². The van der Waals surface area contributed by atoms with Gasteiger partial charge in [0.1, 0.15) is 5.75 Å². The topological polar surface area (TPSA) is 33.1 Å².